The fourth-order valence-electron chi connectivity index (χ4n) is 2.60. The largest absolute Gasteiger partial charge is 1.00 e. The van der Waals surface area contributed by atoms with Crippen LogP contribution >= 0.6 is 0 Å². The SMILES string of the molecule is O=C(O)Cc1ccc2c(c1)OC(c1ccccc1)CC2.[H-].[Na+]. The van der Waals surface area contributed by atoms with Gasteiger partial charge in [0.2, 0.25) is 0 Å². The zero-order valence-corrected chi connectivity index (χ0v) is 14.1. The third-order valence-corrected chi connectivity index (χ3v) is 3.60. The van der Waals surface area contributed by atoms with Gasteiger partial charge in [0.1, 0.15) is 11.9 Å². The Hall–Kier alpha value is -1.29. The monoisotopic (exact) mass is 292 g/mol. The molecule has 21 heavy (non-hydrogen) atoms. The van der Waals surface area contributed by atoms with Crippen LogP contribution in [0.1, 0.15) is 30.6 Å². The quantitative estimate of drug-likeness (QED) is 0.838. The average molecular weight is 292 g/mol. The van der Waals surface area contributed by atoms with Gasteiger partial charge in [-0.1, -0.05) is 42.5 Å². The molecule has 2 aromatic rings. The van der Waals surface area contributed by atoms with E-state index in [4.69, 9.17) is 9.84 Å². The van der Waals surface area contributed by atoms with Crippen molar-refractivity contribution >= 4 is 5.97 Å². The van der Waals surface area contributed by atoms with Crippen LogP contribution in [0.15, 0.2) is 48.5 Å². The number of hydrogen-bond acceptors (Lipinski definition) is 2. The fourth-order valence-corrected chi connectivity index (χ4v) is 2.60. The van der Waals surface area contributed by atoms with Crippen molar-refractivity contribution in [2.24, 2.45) is 0 Å². The van der Waals surface area contributed by atoms with E-state index in [1.165, 1.54) is 5.56 Å². The Morgan fingerprint density at radius 1 is 1.24 bits per heavy atom. The van der Waals surface area contributed by atoms with E-state index in [1.54, 1.807) is 0 Å². The van der Waals surface area contributed by atoms with Crippen molar-refractivity contribution in [3.05, 3.63) is 65.2 Å². The Morgan fingerprint density at radius 2 is 2.00 bits per heavy atom. The molecule has 1 aliphatic rings. The van der Waals surface area contributed by atoms with E-state index in [-0.39, 0.29) is 43.5 Å². The number of carbonyl (C=O) groups is 1. The molecule has 1 aliphatic heterocycles. The van der Waals surface area contributed by atoms with E-state index in [1.807, 2.05) is 36.4 Å². The standard InChI is InChI=1S/C17H16O3.Na.H/c18-17(19)11-12-6-7-14-8-9-15(20-16(14)10-12)13-4-2-1-3-5-13;;/h1-7,10,15H,8-9,11H2,(H,18,19);;/q;+1;-1. The summed E-state index contributed by atoms with van der Waals surface area (Å²) < 4.78 is 6.05. The zero-order valence-electron chi connectivity index (χ0n) is 13.1. The molecule has 3 rings (SSSR count). The molecule has 1 N–H and O–H groups in total. The first-order valence-electron chi connectivity index (χ1n) is 6.77. The van der Waals surface area contributed by atoms with Crippen molar-refractivity contribution in [3.8, 4) is 5.75 Å². The Morgan fingerprint density at radius 3 is 2.71 bits per heavy atom. The van der Waals surface area contributed by atoms with Crippen LogP contribution in [0.2, 0.25) is 0 Å². The predicted molar refractivity (Wildman–Crippen MR) is 77.0 cm³/mol. The molecule has 0 radical (unpaired) electrons. The second-order valence-corrected chi connectivity index (χ2v) is 5.07. The third-order valence-electron chi connectivity index (χ3n) is 3.60. The number of rotatable bonds is 3. The van der Waals surface area contributed by atoms with Gasteiger partial charge >= 0.3 is 35.5 Å². The summed E-state index contributed by atoms with van der Waals surface area (Å²) in [4.78, 5) is 10.8. The number of ether oxygens (including phenoxy) is 1. The van der Waals surface area contributed by atoms with Crippen LogP contribution in [-0.2, 0) is 17.6 Å². The van der Waals surface area contributed by atoms with Crippen LogP contribution < -0.4 is 34.3 Å². The number of aryl methyl sites for hydroxylation is 1. The summed E-state index contributed by atoms with van der Waals surface area (Å²) in [6, 6.07) is 15.9. The van der Waals surface area contributed by atoms with Gasteiger partial charge in [-0.15, -0.1) is 0 Å². The van der Waals surface area contributed by atoms with Gasteiger partial charge < -0.3 is 11.3 Å². The number of fused-ring (bicyclic) bond motifs is 1. The maximum Gasteiger partial charge on any atom is 1.00 e. The summed E-state index contributed by atoms with van der Waals surface area (Å²) >= 11 is 0. The molecule has 0 saturated heterocycles. The summed E-state index contributed by atoms with van der Waals surface area (Å²) in [5.41, 5.74) is 3.11. The number of benzene rings is 2. The summed E-state index contributed by atoms with van der Waals surface area (Å²) in [5, 5.41) is 8.86. The number of carboxylic acid groups (broad SMARTS) is 1. The van der Waals surface area contributed by atoms with Crippen molar-refractivity contribution in [2.75, 3.05) is 0 Å². The van der Waals surface area contributed by atoms with E-state index in [0.29, 0.717) is 0 Å². The first-order valence-corrected chi connectivity index (χ1v) is 6.77. The summed E-state index contributed by atoms with van der Waals surface area (Å²) in [5.74, 6) is 0.00391. The third kappa shape index (κ3) is 3.88. The number of carboxylic acids is 1. The Labute approximate surface area is 147 Å². The molecule has 2 aromatic carbocycles. The molecule has 0 bridgehead atoms. The van der Waals surface area contributed by atoms with Crippen LogP contribution in [0.25, 0.3) is 0 Å². The minimum absolute atomic E-state index is 0. The average Bonchev–Trinajstić information content (AvgIpc) is 2.47. The van der Waals surface area contributed by atoms with Crippen molar-refractivity contribution in [3.63, 3.8) is 0 Å². The van der Waals surface area contributed by atoms with Crippen molar-refractivity contribution in [2.45, 2.75) is 25.4 Å². The van der Waals surface area contributed by atoms with Crippen LogP contribution in [0.5, 0.6) is 5.75 Å². The maximum absolute atomic E-state index is 10.8. The molecule has 0 aliphatic carbocycles. The van der Waals surface area contributed by atoms with E-state index in [9.17, 15) is 4.79 Å². The molecular formula is C17H17NaO3. The van der Waals surface area contributed by atoms with E-state index < -0.39 is 5.97 Å². The maximum atomic E-state index is 10.8. The normalized spacial score (nSPS) is 16.3. The van der Waals surface area contributed by atoms with Gasteiger partial charge in [0.25, 0.3) is 0 Å². The smallest absolute Gasteiger partial charge is 1.00 e. The molecule has 0 fully saturated rings. The summed E-state index contributed by atoms with van der Waals surface area (Å²) in [7, 11) is 0. The van der Waals surface area contributed by atoms with E-state index in [0.717, 1.165) is 29.7 Å². The Kier molecular flexibility index (Phi) is 5.45. The van der Waals surface area contributed by atoms with Crippen molar-refractivity contribution in [1.82, 2.24) is 0 Å². The molecule has 104 valence electrons. The van der Waals surface area contributed by atoms with E-state index >= 15 is 0 Å². The first-order chi connectivity index (χ1) is 9.72. The number of hydrogen-bond donors (Lipinski definition) is 1. The van der Waals surface area contributed by atoms with Gasteiger partial charge in [0.15, 0.2) is 0 Å². The predicted octanol–water partition coefficient (Wildman–Crippen LogP) is 0.497. The fraction of sp³-hybridized carbons (Fsp3) is 0.235. The van der Waals surface area contributed by atoms with Gasteiger partial charge in [-0.05, 0) is 35.6 Å². The van der Waals surface area contributed by atoms with E-state index in [2.05, 4.69) is 12.1 Å². The Balaban J connectivity index is 0.00000121. The van der Waals surface area contributed by atoms with Gasteiger partial charge in [-0.3, -0.25) is 4.79 Å². The van der Waals surface area contributed by atoms with Crippen molar-refractivity contribution in [1.29, 1.82) is 0 Å². The van der Waals surface area contributed by atoms with Gasteiger partial charge in [0, 0.05) is 0 Å². The topological polar surface area (TPSA) is 46.5 Å². The molecular weight excluding hydrogens is 275 g/mol. The molecule has 3 nitrogen and oxygen atoms in total. The van der Waals surface area contributed by atoms with Gasteiger partial charge in [-0.25, -0.2) is 0 Å². The molecule has 4 heteroatoms. The van der Waals surface area contributed by atoms with Gasteiger partial charge in [-0.2, -0.15) is 0 Å². The minimum atomic E-state index is -0.819. The second-order valence-electron chi connectivity index (χ2n) is 5.07. The zero-order chi connectivity index (χ0) is 13.9. The Bertz CT molecular complexity index is 631. The van der Waals surface area contributed by atoms with Crippen LogP contribution in [0.3, 0.4) is 0 Å². The molecule has 0 aromatic heterocycles. The molecule has 0 amide bonds. The van der Waals surface area contributed by atoms with Crippen molar-refractivity contribution < 1.29 is 45.6 Å². The molecule has 1 atom stereocenters. The molecule has 1 unspecified atom stereocenters. The van der Waals surface area contributed by atoms with Crippen LogP contribution in [0.4, 0.5) is 0 Å². The summed E-state index contributed by atoms with van der Waals surface area (Å²) in [6.45, 7) is 0. The first kappa shape index (κ1) is 16.1. The van der Waals surface area contributed by atoms with Gasteiger partial charge in [0.05, 0.1) is 6.42 Å². The summed E-state index contributed by atoms with van der Waals surface area (Å²) in [6.07, 6.45) is 2.01. The van der Waals surface area contributed by atoms with Crippen LogP contribution in [0, 0.1) is 0 Å². The van der Waals surface area contributed by atoms with Crippen LogP contribution in [-0.4, -0.2) is 11.1 Å². The number of aliphatic carboxylic acids is 1. The second kappa shape index (κ2) is 7.12. The molecule has 0 spiro atoms. The molecule has 0 saturated carbocycles. The minimum Gasteiger partial charge on any atom is -1.00 e. The molecule has 1 heterocycles.